The van der Waals surface area contributed by atoms with Crippen LogP contribution in [0.4, 0.5) is 4.39 Å². The summed E-state index contributed by atoms with van der Waals surface area (Å²) in [5, 5.41) is 11.6. The van der Waals surface area contributed by atoms with Crippen LogP contribution < -0.4 is 4.74 Å². The van der Waals surface area contributed by atoms with Crippen molar-refractivity contribution in [3.05, 3.63) is 45.7 Å². The lowest BCUT2D eigenvalue weighted by Crippen LogP contribution is -1.98. The standard InChI is InChI=1S/C13H11FN2OS/c1-2-13-16-10(8-18-13)7-17-12-4-3-9(6-15)5-11(12)14/h3-5,8H,2,7H2,1H3. The molecule has 1 aromatic heterocycles. The van der Waals surface area contributed by atoms with E-state index in [0.29, 0.717) is 0 Å². The molecule has 3 nitrogen and oxygen atoms in total. The van der Waals surface area contributed by atoms with E-state index in [4.69, 9.17) is 10.00 Å². The van der Waals surface area contributed by atoms with Crippen molar-refractivity contribution < 1.29 is 9.13 Å². The molecule has 0 aliphatic heterocycles. The predicted octanol–water partition coefficient (Wildman–Crippen LogP) is 3.30. The van der Waals surface area contributed by atoms with E-state index in [2.05, 4.69) is 4.98 Å². The minimum atomic E-state index is -0.528. The highest BCUT2D eigenvalue weighted by atomic mass is 32.1. The average molecular weight is 262 g/mol. The van der Waals surface area contributed by atoms with Crippen molar-refractivity contribution in [1.82, 2.24) is 4.98 Å². The third-order valence-corrected chi connectivity index (χ3v) is 3.38. The van der Waals surface area contributed by atoms with Crippen molar-refractivity contribution >= 4 is 11.3 Å². The molecule has 92 valence electrons. The molecule has 0 atom stereocenters. The van der Waals surface area contributed by atoms with Crippen LogP contribution in [0.1, 0.15) is 23.2 Å². The first-order chi connectivity index (χ1) is 8.72. The normalized spacial score (nSPS) is 10.1. The Morgan fingerprint density at radius 2 is 2.33 bits per heavy atom. The topological polar surface area (TPSA) is 45.9 Å². The smallest absolute Gasteiger partial charge is 0.166 e. The molecular formula is C13H11FN2OS. The van der Waals surface area contributed by atoms with Crippen molar-refractivity contribution in [2.75, 3.05) is 0 Å². The number of nitriles is 1. The van der Waals surface area contributed by atoms with E-state index in [-0.39, 0.29) is 17.9 Å². The molecule has 0 fully saturated rings. The first-order valence-electron chi connectivity index (χ1n) is 5.48. The van der Waals surface area contributed by atoms with Crippen LogP contribution in [0.3, 0.4) is 0 Å². The summed E-state index contributed by atoms with van der Waals surface area (Å²) in [4.78, 5) is 4.33. The third kappa shape index (κ3) is 2.84. The minimum Gasteiger partial charge on any atom is -0.484 e. The Balaban J connectivity index is 2.04. The van der Waals surface area contributed by atoms with E-state index < -0.39 is 5.82 Å². The van der Waals surface area contributed by atoms with Gasteiger partial charge in [-0.15, -0.1) is 11.3 Å². The summed E-state index contributed by atoms with van der Waals surface area (Å²) >= 11 is 1.57. The molecule has 0 bridgehead atoms. The number of rotatable bonds is 4. The Morgan fingerprint density at radius 1 is 1.50 bits per heavy atom. The maximum Gasteiger partial charge on any atom is 0.166 e. The molecule has 2 rings (SSSR count). The van der Waals surface area contributed by atoms with Crippen LogP contribution in [-0.4, -0.2) is 4.98 Å². The largest absolute Gasteiger partial charge is 0.484 e. The van der Waals surface area contributed by atoms with Gasteiger partial charge in [0.25, 0.3) is 0 Å². The number of thiazole rings is 1. The van der Waals surface area contributed by atoms with E-state index in [1.165, 1.54) is 12.1 Å². The molecule has 0 aliphatic carbocycles. The highest BCUT2D eigenvalue weighted by molar-refractivity contribution is 7.09. The SMILES string of the molecule is CCc1nc(COc2ccc(C#N)cc2F)cs1. The quantitative estimate of drug-likeness (QED) is 0.849. The van der Waals surface area contributed by atoms with Gasteiger partial charge in [0.1, 0.15) is 6.61 Å². The Bertz CT molecular complexity index is 589. The molecule has 0 amide bonds. The first-order valence-corrected chi connectivity index (χ1v) is 6.36. The second kappa shape index (κ2) is 5.61. The fraction of sp³-hybridized carbons (Fsp3) is 0.231. The highest BCUT2D eigenvalue weighted by Gasteiger charge is 2.06. The van der Waals surface area contributed by atoms with Gasteiger partial charge in [0, 0.05) is 5.38 Å². The van der Waals surface area contributed by atoms with Gasteiger partial charge in [0.2, 0.25) is 0 Å². The van der Waals surface area contributed by atoms with Gasteiger partial charge < -0.3 is 4.74 Å². The molecule has 0 unspecified atom stereocenters. The summed E-state index contributed by atoms with van der Waals surface area (Å²) < 4.78 is 18.9. The molecule has 0 spiro atoms. The summed E-state index contributed by atoms with van der Waals surface area (Å²) in [6, 6.07) is 6.02. The van der Waals surface area contributed by atoms with E-state index in [1.54, 1.807) is 11.3 Å². The van der Waals surface area contributed by atoms with Crippen LogP contribution in [0, 0.1) is 17.1 Å². The summed E-state index contributed by atoms with van der Waals surface area (Å²) in [5.74, 6) is -0.389. The molecular weight excluding hydrogens is 251 g/mol. The maximum atomic E-state index is 13.5. The van der Waals surface area contributed by atoms with Crippen molar-refractivity contribution in [3.63, 3.8) is 0 Å². The predicted molar refractivity (Wildman–Crippen MR) is 66.9 cm³/mol. The zero-order valence-corrected chi connectivity index (χ0v) is 10.6. The molecule has 2 aromatic rings. The van der Waals surface area contributed by atoms with Gasteiger partial charge in [0.05, 0.1) is 22.3 Å². The minimum absolute atomic E-state index is 0.139. The molecule has 0 saturated carbocycles. The molecule has 0 aliphatic rings. The molecule has 18 heavy (non-hydrogen) atoms. The number of aryl methyl sites for hydroxylation is 1. The van der Waals surface area contributed by atoms with E-state index >= 15 is 0 Å². The molecule has 0 N–H and O–H groups in total. The summed E-state index contributed by atoms with van der Waals surface area (Å²) in [6.45, 7) is 2.27. The van der Waals surface area contributed by atoms with Crippen LogP contribution >= 0.6 is 11.3 Å². The number of ether oxygens (including phenoxy) is 1. The number of halogens is 1. The van der Waals surface area contributed by atoms with Crippen LogP contribution in [0.5, 0.6) is 5.75 Å². The van der Waals surface area contributed by atoms with Gasteiger partial charge in [-0.3, -0.25) is 0 Å². The van der Waals surface area contributed by atoms with E-state index in [9.17, 15) is 4.39 Å². The number of benzene rings is 1. The first kappa shape index (κ1) is 12.5. The molecule has 5 heteroatoms. The Hall–Kier alpha value is -1.93. The van der Waals surface area contributed by atoms with Crippen molar-refractivity contribution in [3.8, 4) is 11.8 Å². The fourth-order valence-corrected chi connectivity index (χ4v) is 2.15. The lowest BCUT2D eigenvalue weighted by molar-refractivity contribution is 0.286. The van der Waals surface area contributed by atoms with Gasteiger partial charge in [-0.2, -0.15) is 5.26 Å². The molecule has 1 aromatic carbocycles. The van der Waals surface area contributed by atoms with Gasteiger partial charge >= 0.3 is 0 Å². The van der Waals surface area contributed by atoms with Gasteiger partial charge in [-0.1, -0.05) is 6.92 Å². The summed E-state index contributed by atoms with van der Waals surface area (Å²) in [6.07, 6.45) is 0.885. The Kier molecular flexibility index (Phi) is 3.90. The van der Waals surface area contributed by atoms with Gasteiger partial charge in [-0.05, 0) is 24.6 Å². The number of hydrogen-bond donors (Lipinski definition) is 0. The zero-order chi connectivity index (χ0) is 13.0. The maximum absolute atomic E-state index is 13.5. The lowest BCUT2D eigenvalue weighted by Gasteiger charge is -2.05. The van der Waals surface area contributed by atoms with Gasteiger partial charge in [-0.25, -0.2) is 9.37 Å². The molecule has 0 radical (unpaired) electrons. The Morgan fingerprint density at radius 3 is 2.94 bits per heavy atom. The highest BCUT2D eigenvalue weighted by Crippen LogP contribution is 2.20. The summed E-state index contributed by atoms with van der Waals surface area (Å²) in [7, 11) is 0. The van der Waals surface area contributed by atoms with E-state index in [0.717, 1.165) is 23.2 Å². The summed E-state index contributed by atoms with van der Waals surface area (Å²) in [5.41, 5.74) is 1.07. The fourth-order valence-electron chi connectivity index (χ4n) is 1.42. The number of aromatic nitrogens is 1. The number of hydrogen-bond acceptors (Lipinski definition) is 4. The second-order valence-corrected chi connectivity index (χ2v) is 4.57. The van der Waals surface area contributed by atoms with E-state index in [1.807, 2.05) is 18.4 Å². The number of nitrogens with zero attached hydrogens (tertiary/aromatic N) is 2. The van der Waals surface area contributed by atoms with Crippen LogP contribution in [0.25, 0.3) is 0 Å². The monoisotopic (exact) mass is 262 g/mol. The second-order valence-electron chi connectivity index (χ2n) is 3.63. The third-order valence-electron chi connectivity index (χ3n) is 2.34. The Labute approximate surface area is 108 Å². The zero-order valence-electron chi connectivity index (χ0n) is 9.81. The molecule has 0 saturated heterocycles. The van der Waals surface area contributed by atoms with Crippen LogP contribution in [0.2, 0.25) is 0 Å². The molecule has 1 heterocycles. The van der Waals surface area contributed by atoms with Crippen LogP contribution in [-0.2, 0) is 13.0 Å². The van der Waals surface area contributed by atoms with Crippen molar-refractivity contribution in [2.24, 2.45) is 0 Å². The van der Waals surface area contributed by atoms with Crippen molar-refractivity contribution in [1.29, 1.82) is 5.26 Å². The van der Waals surface area contributed by atoms with Crippen molar-refractivity contribution in [2.45, 2.75) is 20.0 Å². The average Bonchev–Trinajstić information content (AvgIpc) is 2.85. The van der Waals surface area contributed by atoms with Gasteiger partial charge in [0.15, 0.2) is 11.6 Å². The van der Waals surface area contributed by atoms with Crippen LogP contribution in [0.15, 0.2) is 23.6 Å². The lowest BCUT2D eigenvalue weighted by atomic mass is 10.2.